The van der Waals surface area contributed by atoms with Crippen molar-refractivity contribution in [1.82, 2.24) is 20.3 Å². The van der Waals surface area contributed by atoms with E-state index in [1.807, 2.05) is 12.1 Å². The second-order valence-electron chi connectivity index (χ2n) is 8.49. The Bertz CT molecular complexity index is 1160. The predicted molar refractivity (Wildman–Crippen MR) is 119 cm³/mol. The number of carboxylic acid groups (broad SMARTS) is 1. The minimum atomic E-state index is -0.741. The Hall–Kier alpha value is -3.13. The summed E-state index contributed by atoms with van der Waals surface area (Å²) in [5, 5.41) is 12.6. The Morgan fingerprint density at radius 3 is 2.44 bits per heavy atom. The molecule has 0 spiro atoms. The fourth-order valence-corrected chi connectivity index (χ4v) is 4.28. The Labute approximate surface area is 189 Å². The van der Waals surface area contributed by atoms with E-state index in [0.29, 0.717) is 65.2 Å². The monoisotopic (exact) mass is 454 g/mol. The van der Waals surface area contributed by atoms with Gasteiger partial charge in [0.05, 0.1) is 22.2 Å². The molecule has 0 bridgehead atoms. The zero-order valence-corrected chi connectivity index (χ0v) is 18.1. The Balaban J connectivity index is 1.31. The van der Waals surface area contributed by atoms with Crippen molar-refractivity contribution in [1.29, 1.82) is 0 Å². The molecular formula is C23H23ClN4O4. The zero-order chi connectivity index (χ0) is 22.2. The molecule has 1 aromatic carbocycles. The molecule has 1 amide bonds. The standard InChI is InChI=1S/C23H23ClN4O4/c24-17-11-18-20(28-23(26-18)32-16-9-5-14(6-10-16)22(30)31)27-19(17)12-1-3-13(4-2-12)21(29)25-15-7-8-15/h1-4,11,14-16H,5-10H2,(H,25,29)(H,30,31)(H,26,27,28). The van der Waals surface area contributed by atoms with Crippen molar-refractivity contribution in [3.05, 3.63) is 40.9 Å². The Morgan fingerprint density at radius 1 is 1.06 bits per heavy atom. The first-order valence-corrected chi connectivity index (χ1v) is 11.2. The van der Waals surface area contributed by atoms with Crippen LogP contribution in [0, 0.1) is 5.92 Å². The zero-order valence-electron chi connectivity index (χ0n) is 17.3. The van der Waals surface area contributed by atoms with Crippen LogP contribution < -0.4 is 10.1 Å². The number of imidazole rings is 1. The van der Waals surface area contributed by atoms with Gasteiger partial charge in [0.1, 0.15) is 6.10 Å². The van der Waals surface area contributed by atoms with Crippen LogP contribution in [0.5, 0.6) is 6.01 Å². The Kier molecular flexibility index (Phi) is 5.46. The van der Waals surface area contributed by atoms with Crippen LogP contribution in [0.1, 0.15) is 48.9 Å². The molecule has 2 aliphatic rings. The predicted octanol–water partition coefficient (Wildman–Crippen LogP) is 4.19. The van der Waals surface area contributed by atoms with E-state index in [-0.39, 0.29) is 17.9 Å². The van der Waals surface area contributed by atoms with E-state index < -0.39 is 5.97 Å². The van der Waals surface area contributed by atoms with Crippen LogP contribution in [0.25, 0.3) is 22.4 Å². The number of fused-ring (bicyclic) bond motifs is 1. The summed E-state index contributed by atoms with van der Waals surface area (Å²) in [5.41, 5.74) is 3.11. The lowest BCUT2D eigenvalue weighted by atomic mass is 9.87. The number of H-pyrrole nitrogens is 1. The molecule has 5 rings (SSSR count). The number of ether oxygens (including phenoxy) is 1. The number of nitrogens with zero attached hydrogens (tertiary/aromatic N) is 2. The Morgan fingerprint density at radius 2 is 1.78 bits per heavy atom. The molecule has 0 saturated heterocycles. The van der Waals surface area contributed by atoms with Crippen molar-refractivity contribution in [2.24, 2.45) is 5.92 Å². The maximum atomic E-state index is 12.2. The van der Waals surface area contributed by atoms with Gasteiger partial charge in [-0.1, -0.05) is 23.7 Å². The number of hydrogen-bond acceptors (Lipinski definition) is 5. The summed E-state index contributed by atoms with van der Waals surface area (Å²) in [7, 11) is 0. The molecule has 0 atom stereocenters. The molecule has 0 aliphatic heterocycles. The number of hydrogen-bond donors (Lipinski definition) is 3. The average Bonchev–Trinajstić information content (AvgIpc) is 3.51. The van der Waals surface area contributed by atoms with Crippen molar-refractivity contribution < 1.29 is 19.4 Å². The normalized spacial score (nSPS) is 20.8. The maximum absolute atomic E-state index is 12.2. The van der Waals surface area contributed by atoms with E-state index in [9.17, 15) is 9.59 Å². The van der Waals surface area contributed by atoms with E-state index in [1.54, 1.807) is 18.2 Å². The van der Waals surface area contributed by atoms with E-state index in [0.717, 1.165) is 18.4 Å². The molecule has 3 aromatic rings. The second kappa shape index (κ2) is 8.43. The molecule has 2 heterocycles. The summed E-state index contributed by atoms with van der Waals surface area (Å²) in [6, 6.07) is 9.60. The lowest BCUT2D eigenvalue weighted by Crippen LogP contribution is -2.28. The highest BCUT2D eigenvalue weighted by molar-refractivity contribution is 6.33. The minimum Gasteiger partial charge on any atom is -0.481 e. The fourth-order valence-electron chi connectivity index (χ4n) is 4.02. The van der Waals surface area contributed by atoms with E-state index in [1.165, 1.54) is 0 Å². The van der Waals surface area contributed by atoms with Gasteiger partial charge in [-0.3, -0.25) is 9.59 Å². The third-order valence-electron chi connectivity index (χ3n) is 6.04. The van der Waals surface area contributed by atoms with Crippen LogP contribution in [0.3, 0.4) is 0 Å². The van der Waals surface area contributed by atoms with Crippen molar-refractivity contribution in [2.75, 3.05) is 0 Å². The summed E-state index contributed by atoms with van der Waals surface area (Å²) in [6.07, 6.45) is 4.56. The molecule has 2 aromatic heterocycles. The number of halogens is 1. The van der Waals surface area contributed by atoms with Gasteiger partial charge in [0, 0.05) is 17.2 Å². The highest BCUT2D eigenvalue weighted by Gasteiger charge is 2.28. The number of carbonyl (C=O) groups excluding carboxylic acids is 1. The van der Waals surface area contributed by atoms with Gasteiger partial charge in [-0.25, -0.2) is 4.98 Å². The van der Waals surface area contributed by atoms with Crippen LogP contribution in [-0.2, 0) is 4.79 Å². The number of rotatable bonds is 6. The van der Waals surface area contributed by atoms with Crippen molar-refractivity contribution >= 4 is 34.6 Å². The van der Waals surface area contributed by atoms with Crippen molar-refractivity contribution in [3.8, 4) is 17.3 Å². The molecule has 8 nitrogen and oxygen atoms in total. The number of carbonyl (C=O) groups is 2. The molecular weight excluding hydrogens is 432 g/mol. The quantitative estimate of drug-likeness (QED) is 0.514. The van der Waals surface area contributed by atoms with Crippen molar-refractivity contribution in [2.45, 2.75) is 50.7 Å². The summed E-state index contributed by atoms with van der Waals surface area (Å²) in [6.45, 7) is 0. The van der Waals surface area contributed by atoms with Gasteiger partial charge in [0.2, 0.25) is 0 Å². The topological polar surface area (TPSA) is 117 Å². The number of carboxylic acids is 1. The highest BCUT2D eigenvalue weighted by Crippen LogP contribution is 2.31. The average molecular weight is 455 g/mol. The molecule has 0 unspecified atom stereocenters. The molecule has 2 saturated carbocycles. The number of amides is 1. The van der Waals surface area contributed by atoms with Crippen LogP contribution in [0.15, 0.2) is 30.3 Å². The second-order valence-corrected chi connectivity index (χ2v) is 8.89. The highest BCUT2D eigenvalue weighted by atomic mass is 35.5. The van der Waals surface area contributed by atoms with Crippen LogP contribution in [0.4, 0.5) is 0 Å². The first-order chi connectivity index (χ1) is 15.5. The summed E-state index contributed by atoms with van der Waals surface area (Å²) >= 11 is 6.48. The van der Waals surface area contributed by atoms with Crippen LogP contribution >= 0.6 is 11.6 Å². The van der Waals surface area contributed by atoms with Crippen molar-refractivity contribution in [3.63, 3.8) is 0 Å². The van der Waals surface area contributed by atoms with Gasteiger partial charge in [-0.05, 0) is 56.7 Å². The van der Waals surface area contributed by atoms with E-state index in [4.69, 9.17) is 21.4 Å². The van der Waals surface area contributed by atoms with Gasteiger partial charge in [0.25, 0.3) is 11.9 Å². The largest absolute Gasteiger partial charge is 0.481 e. The van der Waals surface area contributed by atoms with Gasteiger partial charge in [-0.2, -0.15) is 4.98 Å². The lowest BCUT2D eigenvalue weighted by molar-refractivity contribution is -0.143. The van der Waals surface area contributed by atoms with Crippen LogP contribution in [-0.4, -0.2) is 44.1 Å². The molecule has 0 radical (unpaired) electrons. The third kappa shape index (κ3) is 4.41. The molecule has 2 fully saturated rings. The van der Waals surface area contributed by atoms with Gasteiger partial charge in [0.15, 0.2) is 5.65 Å². The number of aliphatic carboxylic acids is 1. The molecule has 32 heavy (non-hydrogen) atoms. The number of aromatic amines is 1. The molecule has 2 aliphatic carbocycles. The summed E-state index contributed by atoms with van der Waals surface area (Å²) in [5.74, 6) is -1.10. The van der Waals surface area contributed by atoms with Gasteiger partial charge < -0.3 is 20.1 Å². The number of nitrogens with one attached hydrogen (secondary N) is 2. The number of benzene rings is 1. The summed E-state index contributed by atoms with van der Waals surface area (Å²) in [4.78, 5) is 35.4. The van der Waals surface area contributed by atoms with E-state index >= 15 is 0 Å². The van der Waals surface area contributed by atoms with Crippen LogP contribution in [0.2, 0.25) is 5.02 Å². The molecule has 9 heteroatoms. The van der Waals surface area contributed by atoms with Gasteiger partial charge >= 0.3 is 5.97 Å². The first-order valence-electron chi connectivity index (χ1n) is 10.8. The molecule has 166 valence electrons. The number of aromatic nitrogens is 3. The third-order valence-corrected chi connectivity index (χ3v) is 6.33. The van der Waals surface area contributed by atoms with Gasteiger partial charge in [-0.15, -0.1) is 0 Å². The maximum Gasteiger partial charge on any atom is 0.306 e. The lowest BCUT2D eigenvalue weighted by Gasteiger charge is -2.25. The SMILES string of the molecule is O=C(NC1CC1)c1ccc(-c2nc3nc(OC4CCC(C(=O)O)CC4)[nH]c3cc2Cl)cc1. The minimum absolute atomic E-state index is 0.0694. The fraction of sp³-hybridized carbons (Fsp3) is 0.391. The molecule has 3 N–H and O–H groups in total. The first kappa shape index (κ1) is 20.8. The summed E-state index contributed by atoms with van der Waals surface area (Å²) < 4.78 is 5.95. The number of pyridine rings is 1. The van der Waals surface area contributed by atoms with E-state index in [2.05, 4.69) is 20.3 Å². The smallest absolute Gasteiger partial charge is 0.306 e.